The van der Waals surface area contributed by atoms with Gasteiger partial charge in [0.25, 0.3) is 0 Å². The smallest absolute Gasteiger partial charge is 0 e. The van der Waals surface area contributed by atoms with E-state index >= 15 is 0 Å². The van der Waals surface area contributed by atoms with E-state index in [1.807, 2.05) is 0 Å². The summed E-state index contributed by atoms with van der Waals surface area (Å²) in [6, 6.07) is 0. The van der Waals surface area contributed by atoms with Gasteiger partial charge in [-0.15, -0.1) is 0 Å². The number of rotatable bonds is 0. The van der Waals surface area contributed by atoms with E-state index < -0.39 is 0 Å². The molecule has 1 radical (unpaired) electrons. The normalized spacial score (nSPS) is 7.20. The Kier molecular flexibility index (Phi) is 8.23. The molecule has 0 aromatic rings. The molecule has 0 atom stereocenters. The van der Waals surface area contributed by atoms with Gasteiger partial charge in [-0.1, -0.05) is 20.8 Å². The van der Waals surface area contributed by atoms with Crippen LogP contribution in [0.1, 0.15) is 20.8 Å². The van der Waals surface area contributed by atoms with E-state index in [-0.39, 0.29) is 17.1 Å². The summed E-state index contributed by atoms with van der Waals surface area (Å²) in [7, 11) is 0. The summed E-state index contributed by atoms with van der Waals surface area (Å²) in [5.41, 5.74) is 0. The zero-order chi connectivity index (χ0) is 3.58. The van der Waals surface area contributed by atoms with E-state index in [0.717, 1.165) is 0 Å². The van der Waals surface area contributed by atoms with Crippen molar-refractivity contribution < 1.29 is 17.1 Å². The molecule has 0 aromatic carbocycles. The second-order valence-electron chi connectivity index (χ2n) is 1.50. The predicted molar refractivity (Wildman–Crippen MR) is 20.3 cm³/mol. The largest absolute Gasteiger partial charge is 0.0597 e. The first kappa shape index (κ1) is 9.10. The van der Waals surface area contributed by atoms with E-state index in [0.29, 0.717) is 0 Å². The molecule has 0 unspecified atom stereocenters. The molecule has 0 saturated heterocycles. The molecule has 0 nitrogen and oxygen atoms in total. The van der Waals surface area contributed by atoms with Gasteiger partial charge in [0.2, 0.25) is 0 Å². The monoisotopic (exact) mass is 113 g/mol. The van der Waals surface area contributed by atoms with Crippen LogP contribution in [0.5, 0.6) is 0 Å². The quantitative estimate of drug-likeness (QED) is 0.418. The Morgan fingerprint density at radius 2 is 1.00 bits per heavy atom. The first-order valence-corrected chi connectivity index (χ1v) is 1.50. The molecule has 1 heteroatoms. The van der Waals surface area contributed by atoms with Gasteiger partial charge in [0.05, 0.1) is 0 Å². The third-order valence-corrected chi connectivity index (χ3v) is 0. The molecule has 5 heavy (non-hydrogen) atoms. The first-order valence-electron chi connectivity index (χ1n) is 1.50. The van der Waals surface area contributed by atoms with Crippen molar-refractivity contribution in [3.8, 4) is 0 Å². The summed E-state index contributed by atoms with van der Waals surface area (Å²) in [5.74, 6) is 1.42. The van der Waals surface area contributed by atoms with Crippen LogP contribution >= 0.6 is 0 Å². The molecule has 0 heterocycles. The fourth-order valence-corrected chi connectivity index (χ4v) is 0. The molecule has 33 valence electrons. The van der Waals surface area contributed by atoms with Crippen molar-refractivity contribution in [2.24, 2.45) is 0 Å². The van der Waals surface area contributed by atoms with Gasteiger partial charge in [0.15, 0.2) is 0 Å². The Morgan fingerprint density at radius 1 is 1.00 bits per heavy atom. The summed E-state index contributed by atoms with van der Waals surface area (Å²) in [5, 5.41) is 0. The average molecular weight is 113 g/mol. The van der Waals surface area contributed by atoms with Crippen molar-refractivity contribution >= 4 is 0 Å². The summed E-state index contributed by atoms with van der Waals surface area (Å²) >= 11 is 0. The Labute approximate surface area is 44.4 Å². The fourth-order valence-electron chi connectivity index (χ4n) is 0. The first-order chi connectivity index (χ1) is 1.73. The molecule has 0 spiro atoms. The van der Waals surface area contributed by atoms with Gasteiger partial charge in [-0.3, -0.25) is 0 Å². The summed E-state index contributed by atoms with van der Waals surface area (Å²) < 4.78 is 0. The molecule has 0 aliphatic rings. The zero-order valence-corrected chi connectivity index (χ0v) is 4.96. The summed E-state index contributed by atoms with van der Waals surface area (Å²) in [4.78, 5) is 0. The molecule has 0 aliphatic heterocycles. The van der Waals surface area contributed by atoms with E-state index in [1.165, 1.54) is 5.92 Å². The van der Waals surface area contributed by atoms with Crippen LogP contribution in [0.15, 0.2) is 0 Å². The van der Waals surface area contributed by atoms with Crippen LogP contribution in [0.2, 0.25) is 0 Å². The third kappa shape index (κ3) is 106. The minimum atomic E-state index is 0. The molecule has 0 rings (SSSR count). The third-order valence-electron chi connectivity index (χ3n) is 0. The molecule has 0 bridgehead atoms. The molecular formula is C4H9Fe. The minimum Gasteiger partial charge on any atom is -0.0597 e. The van der Waals surface area contributed by atoms with E-state index in [9.17, 15) is 0 Å². The fraction of sp³-hybridized carbons (Fsp3) is 0.750. The summed E-state index contributed by atoms with van der Waals surface area (Å²) in [6.07, 6.45) is 0. The van der Waals surface area contributed by atoms with Gasteiger partial charge >= 0.3 is 0 Å². The standard InChI is InChI=1S/C4H9.Fe/c1-4(2)3;/h1-3H3;. The van der Waals surface area contributed by atoms with Gasteiger partial charge in [-0.05, 0) is 5.92 Å². The number of hydrogen-bond donors (Lipinski definition) is 0. The molecule has 0 saturated carbocycles. The molecular weight excluding hydrogens is 104 g/mol. The predicted octanol–water partition coefficient (Wildman–Crippen LogP) is 1.62. The SMILES string of the molecule is C[C](C)C.[Fe]. The van der Waals surface area contributed by atoms with E-state index in [2.05, 4.69) is 20.8 Å². The van der Waals surface area contributed by atoms with E-state index in [1.54, 1.807) is 0 Å². The second-order valence-corrected chi connectivity index (χ2v) is 1.50. The molecule has 0 aliphatic carbocycles. The molecule has 0 N–H and O–H groups in total. The van der Waals surface area contributed by atoms with Crippen LogP contribution in [0, 0.1) is 5.92 Å². The van der Waals surface area contributed by atoms with Gasteiger partial charge in [-0.2, -0.15) is 0 Å². The maximum absolute atomic E-state index is 2.08. The molecule has 0 amide bonds. The second kappa shape index (κ2) is 4.52. The van der Waals surface area contributed by atoms with Crippen molar-refractivity contribution in [2.75, 3.05) is 0 Å². The van der Waals surface area contributed by atoms with Crippen LogP contribution in [0.4, 0.5) is 0 Å². The Bertz CT molecular complexity index is 8.36. The van der Waals surface area contributed by atoms with E-state index in [4.69, 9.17) is 0 Å². The van der Waals surface area contributed by atoms with Crippen LogP contribution in [-0.4, -0.2) is 0 Å². The molecule has 0 aromatic heterocycles. The van der Waals surface area contributed by atoms with Crippen LogP contribution in [0.3, 0.4) is 0 Å². The van der Waals surface area contributed by atoms with Crippen molar-refractivity contribution in [1.82, 2.24) is 0 Å². The van der Waals surface area contributed by atoms with Crippen molar-refractivity contribution in [2.45, 2.75) is 20.8 Å². The Balaban J connectivity index is 0. The maximum Gasteiger partial charge on any atom is 0 e. The van der Waals surface area contributed by atoms with Crippen LogP contribution in [-0.2, 0) is 17.1 Å². The van der Waals surface area contributed by atoms with Crippen LogP contribution in [0.25, 0.3) is 0 Å². The van der Waals surface area contributed by atoms with Crippen molar-refractivity contribution in [1.29, 1.82) is 0 Å². The minimum absolute atomic E-state index is 0. The average Bonchev–Trinajstić information content (AvgIpc) is 0.811. The van der Waals surface area contributed by atoms with Gasteiger partial charge in [0.1, 0.15) is 0 Å². The maximum atomic E-state index is 2.08. The van der Waals surface area contributed by atoms with Gasteiger partial charge in [-0.25, -0.2) is 0 Å². The van der Waals surface area contributed by atoms with Crippen LogP contribution < -0.4 is 0 Å². The zero-order valence-electron chi connectivity index (χ0n) is 3.85. The Morgan fingerprint density at radius 3 is 1.00 bits per heavy atom. The Hall–Kier alpha value is 0.519. The number of hydrogen-bond acceptors (Lipinski definition) is 0. The summed E-state index contributed by atoms with van der Waals surface area (Å²) in [6.45, 7) is 6.25. The topological polar surface area (TPSA) is 0 Å². The van der Waals surface area contributed by atoms with Gasteiger partial charge < -0.3 is 0 Å². The molecule has 0 fully saturated rings. The van der Waals surface area contributed by atoms with Gasteiger partial charge in [0, 0.05) is 17.1 Å². The van der Waals surface area contributed by atoms with Crippen molar-refractivity contribution in [3.05, 3.63) is 5.92 Å². The van der Waals surface area contributed by atoms with Crippen molar-refractivity contribution in [3.63, 3.8) is 0 Å².